The normalized spacial score (nSPS) is 30.4. The van der Waals surface area contributed by atoms with E-state index in [1.165, 1.54) is 18.2 Å². The van der Waals surface area contributed by atoms with Crippen LogP contribution in [-0.2, 0) is 4.74 Å². The van der Waals surface area contributed by atoms with Crippen molar-refractivity contribution in [3.05, 3.63) is 34.7 Å². The Kier molecular flexibility index (Phi) is 4.43. The highest BCUT2D eigenvalue weighted by Crippen LogP contribution is 2.33. The average Bonchev–Trinajstić information content (AvgIpc) is 2.57. The summed E-state index contributed by atoms with van der Waals surface area (Å²) in [6.45, 7) is -0.587. The third kappa shape index (κ3) is 2.83. The Morgan fingerprint density at radius 1 is 1.04 bits per heavy atom. The van der Waals surface area contributed by atoms with E-state index in [-0.39, 0.29) is 22.5 Å². The van der Waals surface area contributed by atoms with Gasteiger partial charge in [0.2, 0.25) is 6.29 Å². The van der Waals surface area contributed by atoms with Gasteiger partial charge in [0.25, 0.3) is 0 Å². The maximum atomic E-state index is 11.3. The van der Waals surface area contributed by atoms with Crippen LogP contribution in [0.15, 0.2) is 33.5 Å². The number of aliphatic hydroxyl groups excluding tert-OH is 4. The number of phenolic OH excluding ortho intramolecular Hbond substituents is 1. The second-order valence-electron chi connectivity index (χ2n) is 5.40. The second-order valence-corrected chi connectivity index (χ2v) is 5.40. The van der Waals surface area contributed by atoms with E-state index < -0.39 is 42.9 Å². The highest BCUT2D eigenvalue weighted by Gasteiger charge is 2.44. The van der Waals surface area contributed by atoms with Crippen LogP contribution in [-0.4, -0.2) is 62.8 Å². The lowest BCUT2D eigenvalue weighted by molar-refractivity contribution is -0.277. The number of rotatable bonds is 3. The van der Waals surface area contributed by atoms with Crippen molar-refractivity contribution in [2.75, 3.05) is 6.61 Å². The Bertz CT molecular complexity index is 784. The number of hydrogen-bond acceptors (Lipinski definition) is 9. The van der Waals surface area contributed by atoms with Gasteiger partial charge in [0.05, 0.1) is 12.0 Å². The van der Waals surface area contributed by atoms with E-state index in [0.717, 1.165) is 6.07 Å². The van der Waals surface area contributed by atoms with Crippen LogP contribution in [0.2, 0.25) is 0 Å². The van der Waals surface area contributed by atoms with Crippen molar-refractivity contribution in [1.82, 2.24) is 0 Å². The molecule has 5 atom stereocenters. The maximum Gasteiger partial charge on any atom is 0.336 e. The van der Waals surface area contributed by atoms with Gasteiger partial charge < -0.3 is 39.4 Å². The first-order chi connectivity index (χ1) is 11.4. The molecular formula is C15H16O9. The van der Waals surface area contributed by atoms with Gasteiger partial charge in [-0.3, -0.25) is 0 Å². The van der Waals surface area contributed by atoms with Crippen molar-refractivity contribution in [1.29, 1.82) is 0 Å². The molecule has 5 N–H and O–H groups in total. The Morgan fingerprint density at radius 2 is 1.79 bits per heavy atom. The van der Waals surface area contributed by atoms with Crippen LogP contribution in [0, 0.1) is 0 Å². The second kappa shape index (κ2) is 6.38. The third-order valence-electron chi connectivity index (χ3n) is 3.82. The van der Waals surface area contributed by atoms with Gasteiger partial charge in [-0.1, -0.05) is 0 Å². The quantitative estimate of drug-likeness (QED) is 0.429. The molecule has 0 spiro atoms. The van der Waals surface area contributed by atoms with Crippen LogP contribution in [0.1, 0.15) is 0 Å². The van der Waals surface area contributed by atoms with Gasteiger partial charge in [-0.25, -0.2) is 4.79 Å². The molecule has 0 aliphatic carbocycles. The Hall–Kier alpha value is -2.17. The van der Waals surface area contributed by atoms with Crippen molar-refractivity contribution in [2.45, 2.75) is 30.7 Å². The summed E-state index contributed by atoms with van der Waals surface area (Å²) >= 11 is 0. The number of phenols is 1. The van der Waals surface area contributed by atoms with E-state index in [0.29, 0.717) is 0 Å². The van der Waals surface area contributed by atoms with Gasteiger partial charge in [0.15, 0.2) is 11.3 Å². The molecule has 0 radical (unpaired) electrons. The van der Waals surface area contributed by atoms with E-state index >= 15 is 0 Å². The highest BCUT2D eigenvalue weighted by atomic mass is 16.7. The van der Waals surface area contributed by atoms with E-state index in [2.05, 4.69) is 0 Å². The fourth-order valence-corrected chi connectivity index (χ4v) is 2.51. The van der Waals surface area contributed by atoms with Crippen LogP contribution >= 0.6 is 0 Å². The lowest BCUT2D eigenvalue weighted by Crippen LogP contribution is -2.60. The molecule has 0 bridgehead atoms. The lowest BCUT2D eigenvalue weighted by Gasteiger charge is -2.39. The molecule has 1 aromatic carbocycles. The minimum Gasteiger partial charge on any atom is -0.504 e. The fraction of sp³-hybridized carbons (Fsp3) is 0.400. The first kappa shape index (κ1) is 16.7. The molecule has 2 aromatic rings. The molecule has 24 heavy (non-hydrogen) atoms. The summed E-state index contributed by atoms with van der Waals surface area (Å²) < 4.78 is 15.7. The SMILES string of the molecule is O=c1ccc2c(O[C@@H]3O[C@H](CO)[C@H](O)[C@H](O)[C@H]3O)ccc(O)c2o1. The zero-order chi connectivity index (χ0) is 17.4. The van der Waals surface area contributed by atoms with Crippen molar-refractivity contribution >= 4 is 11.0 Å². The van der Waals surface area contributed by atoms with Gasteiger partial charge >= 0.3 is 5.63 Å². The van der Waals surface area contributed by atoms with Crippen molar-refractivity contribution in [3.63, 3.8) is 0 Å². The molecule has 9 heteroatoms. The highest BCUT2D eigenvalue weighted by molar-refractivity contribution is 5.87. The molecule has 0 saturated carbocycles. The van der Waals surface area contributed by atoms with Crippen LogP contribution in [0.3, 0.4) is 0 Å². The van der Waals surface area contributed by atoms with Crippen LogP contribution in [0.25, 0.3) is 11.0 Å². The number of benzene rings is 1. The van der Waals surface area contributed by atoms with Crippen LogP contribution in [0.5, 0.6) is 11.5 Å². The van der Waals surface area contributed by atoms with Gasteiger partial charge in [-0.05, 0) is 18.2 Å². The van der Waals surface area contributed by atoms with Crippen molar-refractivity contribution in [3.8, 4) is 11.5 Å². The minimum atomic E-state index is -1.58. The van der Waals surface area contributed by atoms with Gasteiger partial charge in [0, 0.05) is 6.07 Å². The third-order valence-corrected chi connectivity index (χ3v) is 3.82. The summed E-state index contributed by atoms with van der Waals surface area (Å²) in [4.78, 5) is 11.3. The van der Waals surface area contributed by atoms with E-state index in [1.807, 2.05) is 0 Å². The largest absolute Gasteiger partial charge is 0.504 e. The first-order valence-electron chi connectivity index (χ1n) is 7.15. The summed E-state index contributed by atoms with van der Waals surface area (Å²) in [5.41, 5.74) is -0.771. The fourth-order valence-electron chi connectivity index (χ4n) is 2.51. The minimum absolute atomic E-state index is 0.107. The molecule has 0 unspecified atom stereocenters. The molecular weight excluding hydrogens is 324 g/mol. The zero-order valence-electron chi connectivity index (χ0n) is 12.3. The molecule has 2 heterocycles. The molecule has 1 saturated heterocycles. The van der Waals surface area contributed by atoms with Crippen molar-refractivity contribution < 1.29 is 39.4 Å². The summed E-state index contributed by atoms with van der Waals surface area (Å²) in [6.07, 6.45) is -7.17. The molecule has 9 nitrogen and oxygen atoms in total. The molecule has 130 valence electrons. The first-order valence-corrected chi connectivity index (χ1v) is 7.15. The number of ether oxygens (including phenoxy) is 2. The predicted octanol–water partition coefficient (Wildman–Crippen LogP) is -1.32. The number of aromatic hydroxyl groups is 1. The molecule has 1 aliphatic heterocycles. The maximum absolute atomic E-state index is 11.3. The Morgan fingerprint density at radius 3 is 2.50 bits per heavy atom. The Balaban J connectivity index is 1.95. The number of aliphatic hydroxyl groups is 4. The average molecular weight is 340 g/mol. The zero-order valence-corrected chi connectivity index (χ0v) is 12.3. The van der Waals surface area contributed by atoms with E-state index in [1.54, 1.807) is 0 Å². The topological polar surface area (TPSA) is 150 Å². The molecule has 1 fully saturated rings. The van der Waals surface area contributed by atoms with Crippen molar-refractivity contribution in [2.24, 2.45) is 0 Å². The van der Waals surface area contributed by atoms with Gasteiger partial charge in [-0.15, -0.1) is 0 Å². The molecule has 1 aromatic heterocycles. The smallest absolute Gasteiger partial charge is 0.336 e. The molecule has 3 rings (SSSR count). The standard InChI is InChI=1S/C15H16O9/c16-5-9-11(19)12(20)13(21)15(23-9)22-8-3-2-7(17)14-6(8)1-4-10(18)24-14/h1-4,9,11-13,15-17,19-21H,5H2/t9-,11+,12+,13-,15-/m1/s1. The lowest BCUT2D eigenvalue weighted by atomic mass is 9.99. The molecule has 0 amide bonds. The van der Waals surface area contributed by atoms with Crippen LogP contribution < -0.4 is 10.4 Å². The monoisotopic (exact) mass is 340 g/mol. The van der Waals surface area contributed by atoms with Crippen LogP contribution in [0.4, 0.5) is 0 Å². The summed E-state index contributed by atoms with van der Waals surface area (Å²) in [6, 6.07) is 5.08. The van der Waals surface area contributed by atoms with Gasteiger partial charge in [0.1, 0.15) is 30.2 Å². The summed E-state index contributed by atoms with van der Waals surface area (Å²) in [5, 5.41) is 48.7. The van der Waals surface area contributed by atoms with E-state index in [9.17, 15) is 30.3 Å². The number of fused-ring (bicyclic) bond motifs is 1. The van der Waals surface area contributed by atoms with E-state index in [4.69, 9.17) is 13.9 Å². The van der Waals surface area contributed by atoms with Gasteiger partial charge in [-0.2, -0.15) is 0 Å². The Labute approximate surface area is 134 Å². The number of hydrogen-bond donors (Lipinski definition) is 5. The molecule has 1 aliphatic rings. The summed E-state index contributed by atoms with van der Waals surface area (Å²) in [7, 11) is 0. The summed E-state index contributed by atoms with van der Waals surface area (Å²) in [5.74, 6) is -0.167. The predicted molar refractivity (Wildman–Crippen MR) is 78.5 cm³/mol.